The van der Waals surface area contributed by atoms with Crippen LogP contribution in [-0.4, -0.2) is 65.1 Å². The van der Waals surface area contributed by atoms with Gasteiger partial charge in [0.05, 0.1) is 19.9 Å². The number of alkyl halides is 2. The van der Waals surface area contributed by atoms with Gasteiger partial charge >= 0.3 is 0 Å². The molecule has 0 atom stereocenters. The maximum atomic E-state index is 13.2. The SMILES string of the molecule is CF.CF.Cc1cc(-c2nc(-c3ccc(F)cc3)no2)cn1Cc1ccc(NCCN2CCCC2)nc1.FF. The van der Waals surface area contributed by atoms with Crippen LogP contribution in [0.25, 0.3) is 22.8 Å². The maximum absolute atomic E-state index is 13.2. The summed E-state index contributed by atoms with van der Waals surface area (Å²) in [5, 5.41) is 7.45. The van der Waals surface area contributed by atoms with Crippen molar-refractivity contribution < 1.29 is 26.8 Å². The Labute approximate surface area is 224 Å². The predicted molar refractivity (Wildman–Crippen MR) is 142 cm³/mol. The van der Waals surface area contributed by atoms with Crippen molar-refractivity contribution in [1.82, 2.24) is 24.6 Å². The molecule has 0 unspecified atom stereocenters. The lowest BCUT2D eigenvalue weighted by molar-refractivity contribution is 0.108. The minimum absolute atomic E-state index is 0.296. The van der Waals surface area contributed by atoms with Crippen LogP contribution in [0.1, 0.15) is 24.1 Å². The summed E-state index contributed by atoms with van der Waals surface area (Å²) < 4.78 is 55.7. The number of halogens is 5. The van der Waals surface area contributed by atoms with E-state index in [1.54, 1.807) is 12.1 Å². The normalized spacial score (nSPS) is 12.4. The molecule has 7 nitrogen and oxygen atoms in total. The summed E-state index contributed by atoms with van der Waals surface area (Å²) in [7, 11) is 1.00. The number of likely N-dealkylation sites (tertiary alicyclic amines) is 1. The van der Waals surface area contributed by atoms with Crippen LogP contribution in [0.3, 0.4) is 0 Å². The summed E-state index contributed by atoms with van der Waals surface area (Å²) in [6, 6.07) is 12.2. The number of hydrogen-bond donors (Lipinski definition) is 1. The quantitative estimate of drug-likeness (QED) is 0.248. The van der Waals surface area contributed by atoms with Crippen LogP contribution in [0.4, 0.5) is 28.1 Å². The molecule has 0 spiro atoms. The number of aromatic nitrogens is 4. The number of pyridine rings is 1. The van der Waals surface area contributed by atoms with Crippen molar-refractivity contribution in [3.05, 3.63) is 71.9 Å². The van der Waals surface area contributed by atoms with Crippen molar-refractivity contribution in [1.29, 1.82) is 0 Å². The molecule has 39 heavy (non-hydrogen) atoms. The topological polar surface area (TPSA) is 72.0 Å². The molecule has 1 N–H and O–H groups in total. The van der Waals surface area contributed by atoms with E-state index in [1.807, 2.05) is 31.5 Å². The van der Waals surface area contributed by atoms with E-state index in [0.717, 1.165) is 35.7 Å². The fraction of sp³-hybridized carbons (Fsp3) is 0.370. The standard InChI is InChI=1S/C25H27FN6O.2CH3F.F2/c1-18-14-21(25-29-24(30-33-25)20-5-7-22(26)8-6-20)17-32(18)16-19-4-9-23(28-15-19)27-10-13-31-11-2-3-12-31;3*1-2/h4-9,14-15,17H,2-3,10-13,16H2,1H3,(H,27,28);2*1H3;. The molecule has 1 aliphatic rings. The Morgan fingerprint density at radius 1 is 0.949 bits per heavy atom. The van der Waals surface area contributed by atoms with Crippen molar-refractivity contribution in [2.45, 2.75) is 26.3 Å². The number of anilines is 1. The third kappa shape index (κ3) is 9.17. The molecule has 0 aliphatic carbocycles. The molecular formula is C27H33F5N6O. The molecule has 4 aromatic rings. The lowest BCUT2D eigenvalue weighted by Gasteiger charge is -2.15. The van der Waals surface area contributed by atoms with Crippen LogP contribution in [0, 0.1) is 12.7 Å². The van der Waals surface area contributed by atoms with Gasteiger partial charge in [0.15, 0.2) is 0 Å². The van der Waals surface area contributed by atoms with Gasteiger partial charge in [-0.2, -0.15) is 4.98 Å². The number of nitrogens with one attached hydrogen (secondary N) is 1. The third-order valence-corrected chi connectivity index (χ3v) is 6.00. The summed E-state index contributed by atoms with van der Waals surface area (Å²) in [6.45, 7) is 7.14. The Morgan fingerprint density at radius 2 is 1.64 bits per heavy atom. The Balaban J connectivity index is 0.000000833. The first-order valence-electron chi connectivity index (χ1n) is 12.2. The highest BCUT2D eigenvalue weighted by Gasteiger charge is 2.14. The van der Waals surface area contributed by atoms with Gasteiger partial charge in [-0.1, -0.05) is 11.2 Å². The zero-order valence-corrected chi connectivity index (χ0v) is 22.2. The van der Waals surface area contributed by atoms with Gasteiger partial charge in [-0.3, -0.25) is 8.78 Å². The summed E-state index contributed by atoms with van der Waals surface area (Å²) in [5.74, 6) is 1.48. The minimum Gasteiger partial charge on any atom is -0.369 e. The van der Waals surface area contributed by atoms with Crippen LogP contribution < -0.4 is 5.32 Å². The van der Waals surface area contributed by atoms with Crippen LogP contribution in [0.15, 0.2) is 59.4 Å². The van der Waals surface area contributed by atoms with Gasteiger partial charge < -0.3 is 19.3 Å². The molecule has 3 aromatic heterocycles. The van der Waals surface area contributed by atoms with E-state index in [0.29, 0.717) is 38.2 Å². The molecular weight excluding hydrogens is 519 g/mol. The molecule has 1 fully saturated rings. The highest BCUT2D eigenvalue weighted by Crippen LogP contribution is 2.24. The van der Waals surface area contributed by atoms with Crippen molar-refractivity contribution >= 4 is 5.82 Å². The molecule has 1 aliphatic heterocycles. The first-order chi connectivity index (χ1) is 19.1. The van der Waals surface area contributed by atoms with Crippen LogP contribution in [0.2, 0.25) is 0 Å². The van der Waals surface area contributed by atoms with E-state index < -0.39 is 0 Å². The Bertz CT molecular complexity index is 1210. The van der Waals surface area contributed by atoms with E-state index >= 15 is 0 Å². The molecule has 0 radical (unpaired) electrons. The zero-order valence-electron chi connectivity index (χ0n) is 22.2. The average Bonchev–Trinajstić information content (AvgIpc) is 3.76. The molecule has 0 amide bonds. The minimum atomic E-state index is -0.296. The summed E-state index contributed by atoms with van der Waals surface area (Å²) in [5.41, 5.74) is 3.76. The number of aryl methyl sites for hydroxylation is 1. The lowest BCUT2D eigenvalue weighted by Crippen LogP contribution is -2.26. The fourth-order valence-corrected chi connectivity index (χ4v) is 4.13. The average molecular weight is 553 g/mol. The number of hydrogen-bond acceptors (Lipinski definition) is 6. The lowest BCUT2D eigenvalue weighted by atomic mass is 10.2. The number of nitrogens with zero attached hydrogens (tertiary/aromatic N) is 5. The second kappa shape index (κ2) is 16.9. The Kier molecular flexibility index (Phi) is 13.6. The van der Waals surface area contributed by atoms with Gasteiger partial charge in [-0.05, 0) is 74.8 Å². The van der Waals surface area contributed by atoms with Gasteiger partial charge in [0, 0.05) is 52.4 Å². The molecule has 0 bridgehead atoms. The van der Waals surface area contributed by atoms with Crippen molar-refractivity contribution in [3.63, 3.8) is 0 Å². The summed E-state index contributed by atoms with van der Waals surface area (Å²) in [4.78, 5) is 11.5. The van der Waals surface area contributed by atoms with Gasteiger partial charge in [-0.25, -0.2) is 9.37 Å². The first kappa shape index (κ1) is 31.4. The van der Waals surface area contributed by atoms with E-state index in [4.69, 9.17) is 13.7 Å². The van der Waals surface area contributed by atoms with Gasteiger partial charge in [-0.15, -0.1) is 0 Å². The van der Waals surface area contributed by atoms with E-state index in [2.05, 4.69) is 36.0 Å². The monoisotopic (exact) mass is 552 g/mol. The van der Waals surface area contributed by atoms with Crippen LogP contribution in [-0.2, 0) is 6.54 Å². The van der Waals surface area contributed by atoms with Crippen molar-refractivity contribution in [3.8, 4) is 22.8 Å². The number of rotatable bonds is 8. The van der Waals surface area contributed by atoms with Crippen LogP contribution in [0.5, 0.6) is 0 Å². The third-order valence-electron chi connectivity index (χ3n) is 6.00. The molecule has 12 heteroatoms. The fourth-order valence-electron chi connectivity index (χ4n) is 4.13. The van der Waals surface area contributed by atoms with E-state index in [-0.39, 0.29) is 5.82 Å². The molecule has 1 saturated heterocycles. The van der Waals surface area contributed by atoms with Crippen LogP contribution >= 0.6 is 0 Å². The molecule has 4 heterocycles. The van der Waals surface area contributed by atoms with Gasteiger partial charge in [0.25, 0.3) is 5.89 Å². The first-order valence-corrected chi connectivity index (χ1v) is 12.2. The predicted octanol–water partition coefficient (Wildman–Crippen LogP) is 6.62. The maximum Gasteiger partial charge on any atom is 0.259 e. The van der Waals surface area contributed by atoms with Crippen molar-refractivity contribution in [2.24, 2.45) is 0 Å². The highest BCUT2D eigenvalue weighted by atomic mass is 20.0. The Hall–Kier alpha value is -3.80. The smallest absolute Gasteiger partial charge is 0.259 e. The van der Waals surface area contributed by atoms with E-state index in [1.165, 1.54) is 38.1 Å². The second-order valence-corrected chi connectivity index (χ2v) is 8.46. The molecule has 5 rings (SSSR count). The second-order valence-electron chi connectivity index (χ2n) is 8.46. The summed E-state index contributed by atoms with van der Waals surface area (Å²) >= 11 is 0. The molecule has 212 valence electrons. The van der Waals surface area contributed by atoms with Crippen molar-refractivity contribution in [2.75, 3.05) is 45.9 Å². The highest BCUT2D eigenvalue weighted by molar-refractivity contribution is 5.60. The zero-order chi connectivity index (χ0) is 28.6. The van der Waals surface area contributed by atoms with Gasteiger partial charge in [0.2, 0.25) is 5.82 Å². The largest absolute Gasteiger partial charge is 0.369 e. The molecule has 0 saturated carbocycles. The Morgan fingerprint density at radius 3 is 2.28 bits per heavy atom. The molecule has 1 aromatic carbocycles. The number of benzene rings is 1. The van der Waals surface area contributed by atoms with Gasteiger partial charge in [0.1, 0.15) is 11.6 Å². The summed E-state index contributed by atoms with van der Waals surface area (Å²) in [6.07, 6.45) is 6.54. The van der Waals surface area contributed by atoms with E-state index in [9.17, 15) is 13.2 Å².